The first kappa shape index (κ1) is 9.27. The minimum absolute atomic E-state index is 0.0858. The summed E-state index contributed by atoms with van der Waals surface area (Å²) in [5.74, 6) is 5.43. The van der Waals surface area contributed by atoms with Crippen molar-refractivity contribution in [2.45, 2.75) is 6.61 Å². The zero-order valence-electron chi connectivity index (χ0n) is 6.83. The molecule has 0 aliphatic rings. The lowest BCUT2D eigenvalue weighted by Crippen LogP contribution is -1.79. The van der Waals surface area contributed by atoms with Gasteiger partial charge in [-0.3, -0.25) is 0 Å². The van der Waals surface area contributed by atoms with E-state index in [4.69, 9.17) is 9.84 Å². The number of ether oxygens (including phenoxy) is 1. The predicted octanol–water partition coefficient (Wildman–Crippen LogP) is 1.24. The molecular formula is C9H10O2S. The molecule has 0 fully saturated rings. The Labute approximate surface area is 75.8 Å². The maximum absolute atomic E-state index is 8.44. The van der Waals surface area contributed by atoms with Crippen molar-refractivity contribution in [1.29, 1.82) is 0 Å². The third-order valence-corrected chi connectivity index (χ3v) is 2.21. The Morgan fingerprint density at radius 2 is 2.42 bits per heavy atom. The highest BCUT2D eigenvalue weighted by atomic mass is 32.1. The highest BCUT2D eigenvalue weighted by Crippen LogP contribution is 2.15. The number of hydrogen-bond acceptors (Lipinski definition) is 3. The van der Waals surface area contributed by atoms with Crippen molar-refractivity contribution < 1.29 is 9.84 Å². The molecule has 64 valence electrons. The summed E-state index contributed by atoms with van der Waals surface area (Å²) in [4.78, 5) is 2.12. The predicted molar refractivity (Wildman–Crippen MR) is 49.0 cm³/mol. The molecule has 12 heavy (non-hydrogen) atoms. The van der Waals surface area contributed by atoms with Gasteiger partial charge in [-0.05, 0) is 12.1 Å². The lowest BCUT2D eigenvalue weighted by Gasteiger charge is -1.89. The molecule has 3 heteroatoms. The smallest absolute Gasteiger partial charge is 0.104 e. The van der Waals surface area contributed by atoms with Crippen LogP contribution >= 0.6 is 11.3 Å². The van der Waals surface area contributed by atoms with Crippen LogP contribution in [0, 0.1) is 11.8 Å². The largest absolute Gasteiger partial charge is 0.384 e. The fourth-order valence-corrected chi connectivity index (χ4v) is 1.65. The molecule has 0 bridgehead atoms. The number of aliphatic hydroxyl groups is 1. The molecule has 1 rings (SSSR count). The number of thiophene rings is 1. The second kappa shape index (κ2) is 4.94. The van der Waals surface area contributed by atoms with Gasteiger partial charge in [-0.15, -0.1) is 11.3 Å². The second-order valence-corrected chi connectivity index (χ2v) is 3.33. The lowest BCUT2D eigenvalue weighted by molar-refractivity contribution is 0.187. The van der Waals surface area contributed by atoms with Crippen molar-refractivity contribution in [2.75, 3.05) is 13.7 Å². The van der Waals surface area contributed by atoms with E-state index < -0.39 is 0 Å². The molecule has 0 aliphatic heterocycles. The Hall–Kier alpha value is -0.820. The summed E-state index contributed by atoms with van der Waals surface area (Å²) >= 11 is 1.59. The van der Waals surface area contributed by atoms with Crippen LogP contribution in [-0.2, 0) is 11.3 Å². The summed E-state index contributed by atoms with van der Waals surface area (Å²) in [7, 11) is 1.67. The van der Waals surface area contributed by atoms with Crippen LogP contribution in [0.5, 0.6) is 0 Å². The SMILES string of the molecule is COCc1ccc(C#CCO)s1. The summed E-state index contributed by atoms with van der Waals surface area (Å²) in [5, 5.41) is 8.44. The summed E-state index contributed by atoms with van der Waals surface area (Å²) in [6.07, 6.45) is 0. The van der Waals surface area contributed by atoms with E-state index in [1.807, 2.05) is 12.1 Å². The maximum atomic E-state index is 8.44. The minimum atomic E-state index is -0.0858. The van der Waals surface area contributed by atoms with Crippen LogP contribution in [0.4, 0.5) is 0 Å². The van der Waals surface area contributed by atoms with Crippen molar-refractivity contribution >= 4 is 11.3 Å². The summed E-state index contributed by atoms with van der Waals surface area (Å²) < 4.78 is 4.96. The molecule has 0 aromatic carbocycles. The first-order valence-electron chi connectivity index (χ1n) is 3.54. The lowest BCUT2D eigenvalue weighted by atomic mass is 10.4. The van der Waals surface area contributed by atoms with Crippen LogP contribution in [-0.4, -0.2) is 18.8 Å². The molecule has 2 nitrogen and oxygen atoms in total. The zero-order valence-corrected chi connectivity index (χ0v) is 7.65. The molecule has 0 radical (unpaired) electrons. The number of hydrogen-bond donors (Lipinski definition) is 1. The molecular weight excluding hydrogens is 172 g/mol. The van der Waals surface area contributed by atoms with Crippen LogP contribution in [0.3, 0.4) is 0 Å². The Kier molecular flexibility index (Phi) is 3.81. The van der Waals surface area contributed by atoms with Crippen LogP contribution in [0.25, 0.3) is 0 Å². The normalized spacial score (nSPS) is 9.17. The number of methoxy groups -OCH3 is 1. The molecule has 1 aromatic rings. The van der Waals surface area contributed by atoms with Gasteiger partial charge in [0.2, 0.25) is 0 Å². The molecule has 0 atom stereocenters. The van der Waals surface area contributed by atoms with Gasteiger partial charge >= 0.3 is 0 Å². The van der Waals surface area contributed by atoms with Gasteiger partial charge in [0.1, 0.15) is 6.61 Å². The van der Waals surface area contributed by atoms with E-state index in [-0.39, 0.29) is 6.61 Å². The standard InChI is InChI=1S/C9H10O2S/c1-11-7-9-5-4-8(12-9)3-2-6-10/h4-5,10H,6-7H2,1H3. The maximum Gasteiger partial charge on any atom is 0.104 e. The van der Waals surface area contributed by atoms with E-state index in [0.717, 1.165) is 9.75 Å². The highest BCUT2D eigenvalue weighted by molar-refractivity contribution is 7.12. The molecule has 0 unspecified atom stereocenters. The van der Waals surface area contributed by atoms with Crippen molar-refractivity contribution in [3.05, 3.63) is 21.9 Å². The van der Waals surface area contributed by atoms with Crippen LogP contribution < -0.4 is 0 Å². The molecule has 1 N–H and O–H groups in total. The summed E-state index contributed by atoms with van der Waals surface area (Å²) in [6, 6.07) is 3.91. The first-order chi connectivity index (χ1) is 5.86. The van der Waals surface area contributed by atoms with Gasteiger partial charge in [0.05, 0.1) is 11.5 Å². The van der Waals surface area contributed by atoms with Crippen molar-refractivity contribution in [3.63, 3.8) is 0 Å². The first-order valence-corrected chi connectivity index (χ1v) is 4.36. The van der Waals surface area contributed by atoms with Crippen molar-refractivity contribution in [2.24, 2.45) is 0 Å². The molecule has 0 aliphatic carbocycles. The van der Waals surface area contributed by atoms with Gasteiger partial charge in [-0.2, -0.15) is 0 Å². The van der Waals surface area contributed by atoms with Crippen LogP contribution in [0.1, 0.15) is 9.75 Å². The van der Waals surface area contributed by atoms with Crippen LogP contribution in [0.2, 0.25) is 0 Å². The summed E-state index contributed by atoms with van der Waals surface area (Å²) in [5.41, 5.74) is 0. The molecule has 1 aromatic heterocycles. The quantitative estimate of drug-likeness (QED) is 0.697. The van der Waals surface area contributed by atoms with E-state index in [9.17, 15) is 0 Å². The van der Waals surface area contributed by atoms with E-state index in [1.54, 1.807) is 18.4 Å². The van der Waals surface area contributed by atoms with Gasteiger partial charge in [0, 0.05) is 12.0 Å². The number of rotatable bonds is 2. The van der Waals surface area contributed by atoms with E-state index in [2.05, 4.69) is 11.8 Å². The molecule has 0 amide bonds. The fraction of sp³-hybridized carbons (Fsp3) is 0.333. The van der Waals surface area contributed by atoms with Gasteiger partial charge in [-0.1, -0.05) is 11.8 Å². The fourth-order valence-electron chi connectivity index (χ4n) is 0.792. The minimum Gasteiger partial charge on any atom is -0.384 e. The second-order valence-electron chi connectivity index (χ2n) is 2.16. The Balaban J connectivity index is 2.64. The van der Waals surface area contributed by atoms with Gasteiger partial charge < -0.3 is 9.84 Å². The third kappa shape index (κ3) is 2.67. The van der Waals surface area contributed by atoms with Gasteiger partial charge in [-0.25, -0.2) is 0 Å². The van der Waals surface area contributed by atoms with Crippen molar-refractivity contribution in [1.82, 2.24) is 0 Å². The molecule has 1 heterocycles. The monoisotopic (exact) mass is 182 g/mol. The topological polar surface area (TPSA) is 29.5 Å². The highest BCUT2D eigenvalue weighted by Gasteiger charge is 1.95. The Morgan fingerprint density at radius 1 is 1.58 bits per heavy atom. The number of aliphatic hydroxyl groups excluding tert-OH is 1. The average molecular weight is 182 g/mol. The van der Waals surface area contributed by atoms with E-state index in [0.29, 0.717) is 6.61 Å². The third-order valence-electron chi connectivity index (χ3n) is 1.24. The molecule has 0 saturated carbocycles. The van der Waals surface area contributed by atoms with Gasteiger partial charge in [0.25, 0.3) is 0 Å². The summed E-state index contributed by atoms with van der Waals surface area (Å²) in [6.45, 7) is 0.545. The van der Waals surface area contributed by atoms with E-state index >= 15 is 0 Å². The molecule has 0 spiro atoms. The van der Waals surface area contributed by atoms with Crippen LogP contribution in [0.15, 0.2) is 12.1 Å². The van der Waals surface area contributed by atoms with Crippen molar-refractivity contribution in [3.8, 4) is 11.8 Å². The molecule has 0 saturated heterocycles. The average Bonchev–Trinajstić information content (AvgIpc) is 2.50. The zero-order chi connectivity index (χ0) is 8.81. The Bertz CT molecular complexity index is 293. The Morgan fingerprint density at radius 3 is 3.08 bits per heavy atom. The van der Waals surface area contributed by atoms with E-state index in [1.165, 1.54) is 0 Å². The van der Waals surface area contributed by atoms with Gasteiger partial charge in [0.15, 0.2) is 0 Å².